The van der Waals surface area contributed by atoms with Crippen molar-refractivity contribution in [2.45, 2.75) is 96.5 Å². The van der Waals surface area contributed by atoms with Crippen molar-refractivity contribution in [2.75, 3.05) is 20.3 Å². The van der Waals surface area contributed by atoms with Crippen LogP contribution in [0.1, 0.15) is 90.4 Å². The Bertz CT molecular complexity index is 339. The van der Waals surface area contributed by atoms with Crippen molar-refractivity contribution in [2.24, 2.45) is 4.99 Å². The van der Waals surface area contributed by atoms with Gasteiger partial charge in [0, 0.05) is 13.5 Å². The van der Waals surface area contributed by atoms with Crippen LogP contribution >= 0.6 is 0 Å². The number of hydrogen-bond acceptors (Lipinski definition) is 3. The normalized spacial score (nSPS) is 15.7. The molecule has 0 fully saturated rings. The van der Waals surface area contributed by atoms with E-state index in [1.807, 2.05) is 7.11 Å². The Morgan fingerprint density at radius 2 is 1.83 bits per heavy atom. The van der Waals surface area contributed by atoms with Crippen LogP contribution in [0.5, 0.6) is 0 Å². The average Bonchev–Trinajstić information content (AvgIpc) is 3.11. The summed E-state index contributed by atoms with van der Waals surface area (Å²) in [6, 6.07) is 0. The van der Waals surface area contributed by atoms with Gasteiger partial charge >= 0.3 is 0 Å². The van der Waals surface area contributed by atoms with Crippen molar-refractivity contribution in [3.63, 3.8) is 0 Å². The molecule has 140 valence electrons. The van der Waals surface area contributed by atoms with Crippen LogP contribution in [0.25, 0.3) is 0 Å². The number of nitrogens with zero attached hydrogens (tertiary/aromatic N) is 1. The molecule has 0 aromatic carbocycles. The highest BCUT2D eigenvalue weighted by molar-refractivity contribution is 5.77. The number of ether oxygens (including phenoxy) is 2. The molecule has 0 saturated carbocycles. The van der Waals surface area contributed by atoms with Crippen molar-refractivity contribution >= 4 is 5.90 Å². The van der Waals surface area contributed by atoms with Gasteiger partial charge in [-0.25, -0.2) is 0 Å². The highest BCUT2D eigenvalue weighted by atomic mass is 16.5. The third kappa shape index (κ3) is 11.7. The van der Waals surface area contributed by atoms with Gasteiger partial charge in [0.1, 0.15) is 6.61 Å². The van der Waals surface area contributed by atoms with E-state index < -0.39 is 0 Å². The Morgan fingerprint density at radius 3 is 2.58 bits per heavy atom. The van der Waals surface area contributed by atoms with Gasteiger partial charge in [-0.15, -0.1) is 0 Å². The van der Waals surface area contributed by atoms with Crippen LogP contribution in [0.2, 0.25) is 0 Å². The summed E-state index contributed by atoms with van der Waals surface area (Å²) in [5, 5.41) is 0. The molecule has 0 aliphatic carbocycles. The van der Waals surface area contributed by atoms with E-state index in [-0.39, 0.29) is 0 Å². The van der Waals surface area contributed by atoms with Gasteiger partial charge in [0.2, 0.25) is 0 Å². The van der Waals surface area contributed by atoms with Crippen molar-refractivity contribution in [1.82, 2.24) is 0 Å². The van der Waals surface area contributed by atoms with E-state index in [0.717, 1.165) is 31.9 Å². The smallest absolute Gasteiger partial charge is 0.183 e. The molecule has 3 heteroatoms. The van der Waals surface area contributed by atoms with E-state index in [1.54, 1.807) is 0 Å². The largest absolute Gasteiger partial charge is 0.479 e. The molecule has 0 saturated heterocycles. The van der Waals surface area contributed by atoms with Crippen LogP contribution in [-0.2, 0) is 9.47 Å². The highest BCUT2D eigenvalue weighted by Crippen LogP contribution is 2.13. The third-order valence-electron chi connectivity index (χ3n) is 4.69. The third-order valence-corrected chi connectivity index (χ3v) is 4.69. The molecule has 0 aromatic heterocycles. The zero-order valence-corrected chi connectivity index (χ0v) is 16.1. The van der Waals surface area contributed by atoms with Crippen LogP contribution in [-0.4, -0.2) is 32.3 Å². The molecular formula is C21H39NO2. The van der Waals surface area contributed by atoms with Crippen LogP contribution < -0.4 is 0 Å². The summed E-state index contributed by atoms with van der Waals surface area (Å²) >= 11 is 0. The molecule has 1 aliphatic rings. The Balaban J connectivity index is 1.87. The van der Waals surface area contributed by atoms with E-state index in [2.05, 4.69) is 24.1 Å². The SMILES string of the molecule is CCCCCCC(CC=CCCCCCCCC1=NCCO1)OC. The number of rotatable bonds is 16. The molecule has 1 heterocycles. The van der Waals surface area contributed by atoms with Crippen LogP contribution in [0.4, 0.5) is 0 Å². The van der Waals surface area contributed by atoms with Gasteiger partial charge < -0.3 is 9.47 Å². The van der Waals surface area contributed by atoms with E-state index in [9.17, 15) is 0 Å². The summed E-state index contributed by atoms with van der Waals surface area (Å²) in [7, 11) is 1.85. The quantitative estimate of drug-likeness (QED) is 0.252. The minimum Gasteiger partial charge on any atom is -0.479 e. The Labute approximate surface area is 149 Å². The molecule has 1 atom stereocenters. The average molecular weight is 338 g/mol. The molecule has 0 spiro atoms. The fourth-order valence-corrected chi connectivity index (χ4v) is 3.10. The first-order valence-electron chi connectivity index (χ1n) is 10.2. The maximum atomic E-state index is 5.57. The number of unbranched alkanes of at least 4 members (excludes halogenated alkanes) is 8. The van der Waals surface area contributed by atoms with Crippen LogP contribution in [0.3, 0.4) is 0 Å². The fourth-order valence-electron chi connectivity index (χ4n) is 3.10. The summed E-state index contributed by atoms with van der Waals surface area (Å²) in [5.74, 6) is 0.986. The highest BCUT2D eigenvalue weighted by Gasteiger charge is 2.06. The van der Waals surface area contributed by atoms with Crippen LogP contribution in [0.15, 0.2) is 17.1 Å². The minimum atomic E-state index is 0.416. The second-order valence-electron chi connectivity index (χ2n) is 6.84. The van der Waals surface area contributed by atoms with Crippen molar-refractivity contribution in [1.29, 1.82) is 0 Å². The van der Waals surface area contributed by atoms with Gasteiger partial charge in [-0.2, -0.15) is 0 Å². The molecular weight excluding hydrogens is 298 g/mol. The van der Waals surface area contributed by atoms with Gasteiger partial charge in [-0.05, 0) is 32.1 Å². The number of hydrogen-bond donors (Lipinski definition) is 0. The van der Waals surface area contributed by atoms with Crippen molar-refractivity contribution < 1.29 is 9.47 Å². The zero-order chi connectivity index (χ0) is 17.3. The summed E-state index contributed by atoms with van der Waals surface area (Å²) in [5.41, 5.74) is 0. The maximum Gasteiger partial charge on any atom is 0.183 e. The molecule has 0 aromatic rings. The zero-order valence-electron chi connectivity index (χ0n) is 16.1. The molecule has 0 N–H and O–H groups in total. The number of methoxy groups -OCH3 is 1. The van der Waals surface area contributed by atoms with Gasteiger partial charge in [-0.3, -0.25) is 4.99 Å². The van der Waals surface area contributed by atoms with Crippen molar-refractivity contribution in [3.8, 4) is 0 Å². The molecule has 24 heavy (non-hydrogen) atoms. The Hall–Kier alpha value is -0.830. The first kappa shape index (κ1) is 21.2. The van der Waals surface area contributed by atoms with E-state index in [0.29, 0.717) is 6.10 Å². The van der Waals surface area contributed by atoms with Crippen LogP contribution in [0, 0.1) is 0 Å². The Morgan fingerprint density at radius 1 is 1.04 bits per heavy atom. The lowest BCUT2D eigenvalue weighted by molar-refractivity contribution is 0.0952. The maximum absolute atomic E-state index is 5.57. The minimum absolute atomic E-state index is 0.416. The lowest BCUT2D eigenvalue weighted by Crippen LogP contribution is -2.08. The number of aliphatic imine (C=N–C) groups is 1. The van der Waals surface area contributed by atoms with E-state index in [4.69, 9.17) is 9.47 Å². The van der Waals surface area contributed by atoms with Gasteiger partial charge in [0.05, 0.1) is 12.6 Å². The summed E-state index contributed by atoms with van der Waals surface area (Å²) in [6.07, 6.45) is 21.4. The predicted octanol–water partition coefficient (Wildman–Crippen LogP) is 6.08. The molecule has 1 aliphatic heterocycles. The molecule has 3 nitrogen and oxygen atoms in total. The first-order chi connectivity index (χ1) is 11.9. The second kappa shape index (κ2) is 15.7. The molecule has 1 rings (SSSR count). The van der Waals surface area contributed by atoms with Gasteiger partial charge in [0.25, 0.3) is 0 Å². The van der Waals surface area contributed by atoms with Gasteiger partial charge in [0.15, 0.2) is 5.90 Å². The fraction of sp³-hybridized carbons (Fsp3) is 0.857. The molecule has 1 unspecified atom stereocenters. The van der Waals surface area contributed by atoms with Crippen molar-refractivity contribution in [3.05, 3.63) is 12.2 Å². The second-order valence-corrected chi connectivity index (χ2v) is 6.84. The standard InChI is InChI=1S/C21H39NO2/c1-3-4-5-12-15-20(23-2)16-13-10-8-6-7-9-11-14-17-21-22-18-19-24-21/h10,13,20H,3-9,11-12,14-19H2,1-2H3. The van der Waals surface area contributed by atoms with Gasteiger partial charge in [-0.1, -0.05) is 64.0 Å². The predicted molar refractivity (Wildman–Crippen MR) is 104 cm³/mol. The summed E-state index contributed by atoms with van der Waals surface area (Å²) < 4.78 is 11.0. The summed E-state index contributed by atoms with van der Waals surface area (Å²) in [4.78, 5) is 4.33. The topological polar surface area (TPSA) is 30.8 Å². The first-order valence-corrected chi connectivity index (χ1v) is 10.2. The molecule has 0 radical (unpaired) electrons. The molecule has 0 amide bonds. The monoisotopic (exact) mass is 337 g/mol. The molecule has 0 bridgehead atoms. The number of allylic oxidation sites excluding steroid dienone is 1. The Kier molecular flexibility index (Phi) is 13.9. The van der Waals surface area contributed by atoms with E-state index >= 15 is 0 Å². The summed E-state index contributed by atoms with van der Waals surface area (Å²) in [6.45, 7) is 3.92. The lowest BCUT2D eigenvalue weighted by Gasteiger charge is -2.12. The lowest BCUT2D eigenvalue weighted by atomic mass is 10.1. The van der Waals surface area contributed by atoms with E-state index in [1.165, 1.54) is 70.6 Å².